The van der Waals surface area contributed by atoms with E-state index in [1.807, 2.05) is 19.4 Å². The minimum Gasteiger partial charge on any atom is -0.488 e. The number of hydrogen-bond donors (Lipinski definition) is 8. The number of aryl methyl sites for hydroxylation is 6. The second-order valence-corrected chi connectivity index (χ2v) is 36.8. The Bertz CT molecular complexity index is 3980. The quantitative estimate of drug-likeness (QED) is 0.00661. The number of ether oxygens (including phenoxy) is 2. The van der Waals surface area contributed by atoms with Crippen LogP contribution in [0.15, 0.2) is 69.6 Å². The third-order valence-electron chi connectivity index (χ3n) is 21.4. The number of benzene rings is 3. The standard InChI is InChI=1S/C27H41N3O5S.C26H39N3O5S.C16H29N3O.C11H13ClO4S.CH4O.H3N2O.Na/c1-4-5-6-7-8-9-10-11-24-28-26(32)27(29-24)15-17-30(18-16-27)36(33,34)19-14-22-12-13-23(20-21(22)2)25(31)35-3;1-3-4-5-6-7-8-9-10-23-27-25(32)26(28-23)14-16-29(17-15-26)35(33,34)18-13-21-11-12-22(24(30)31)19-20(21)2;1-2-3-4-5-6-7-8-9-14-18-15(20)16(19-14)10-12-17-13-11-16;1-8-7-10(11(13)16-2)4-3-9(8)5-6-17(12,14)15;1-2;1-2-3;/h12-13,20H,4-11,14-19H2,1-3H3,(H,28,29,32);11-12,19H,3-10,13-18H2,1-2H3,(H,30,31)(H,27,28,32);17H,2-13H2,1H3,(H,18,19,20);3-4,7H,5-6H2,1-2H3;2H,1H3;3H,1H2;/q;;;;;-1;+1. The number of nitrogens with one attached hydrogen (secondary N) is 4. The molecule has 33 heteroatoms. The summed E-state index contributed by atoms with van der Waals surface area (Å²) >= 11 is 0. The molecule has 0 radical (unpaired) electrons. The number of aromatic carboxylic acids is 1. The molecule has 3 aromatic rings. The zero-order valence-corrected chi connectivity index (χ0v) is 74.5. The van der Waals surface area contributed by atoms with Crippen LogP contribution in [-0.2, 0) is 72.2 Å². The molecule has 3 fully saturated rings. The minimum atomic E-state index is -3.49. The van der Waals surface area contributed by atoms with Crippen molar-refractivity contribution in [2.45, 2.75) is 270 Å². The van der Waals surface area contributed by atoms with Crippen LogP contribution in [-0.4, -0.2) is 197 Å². The van der Waals surface area contributed by atoms with E-state index in [1.54, 1.807) is 55.5 Å². The summed E-state index contributed by atoms with van der Waals surface area (Å²) in [6.45, 7) is 15.1. The van der Waals surface area contributed by atoms with Gasteiger partial charge in [-0.3, -0.25) is 29.4 Å². The van der Waals surface area contributed by atoms with Gasteiger partial charge in [-0.2, -0.15) is 0 Å². The number of carbonyl (C=O) groups is 6. The van der Waals surface area contributed by atoms with E-state index >= 15 is 0 Å². The van der Waals surface area contributed by atoms with Crippen molar-refractivity contribution < 1.29 is 108 Å². The van der Waals surface area contributed by atoms with Crippen molar-refractivity contribution in [3.8, 4) is 0 Å². The van der Waals surface area contributed by atoms with Gasteiger partial charge in [-0.15, -0.1) is 0 Å². The number of carboxylic acid groups (broad SMARTS) is 1. The molecule has 636 valence electrons. The molecule has 3 spiro atoms. The molecule has 3 amide bonds. The Morgan fingerprint density at radius 1 is 0.474 bits per heavy atom. The van der Waals surface area contributed by atoms with Crippen LogP contribution in [0.1, 0.15) is 278 Å². The first-order valence-corrected chi connectivity index (χ1v) is 46.1. The number of aliphatic imine (C=N–C) groups is 3. The van der Waals surface area contributed by atoms with E-state index in [2.05, 4.69) is 52.6 Å². The Morgan fingerprint density at radius 3 is 1.03 bits per heavy atom. The zero-order valence-electron chi connectivity index (χ0n) is 69.3. The summed E-state index contributed by atoms with van der Waals surface area (Å²) in [7, 11) is -1.67. The topological polar surface area (TPSA) is 416 Å². The summed E-state index contributed by atoms with van der Waals surface area (Å²) in [5.74, 6) is 4.42. The molecule has 0 bridgehead atoms. The van der Waals surface area contributed by atoms with Gasteiger partial charge < -0.3 is 57.6 Å². The van der Waals surface area contributed by atoms with E-state index in [4.69, 9.17) is 45.8 Å². The maximum Gasteiger partial charge on any atom is 1.00 e. The van der Waals surface area contributed by atoms with E-state index in [0.717, 1.165) is 135 Å². The largest absolute Gasteiger partial charge is 1.00 e. The van der Waals surface area contributed by atoms with E-state index in [0.29, 0.717) is 69.2 Å². The number of hydrogen-bond acceptors (Lipinski definition) is 21. The first-order valence-electron chi connectivity index (χ1n) is 40.4. The molecule has 0 aromatic heterocycles. The van der Waals surface area contributed by atoms with E-state index in [9.17, 15) is 54.0 Å². The van der Waals surface area contributed by atoms with Crippen molar-refractivity contribution in [3.63, 3.8) is 0 Å². The summed E-state index contributed by atoms with van der Waals surface area (Å²) in [5.41, 5.74) is 6.03. The summed E-state index contributed by atoms with van der Waals surface area (Å²) in [6, 6.07) is 14.9. The number of aliphatic hydroxyl groups excluding tert-OH is 1. The molecular formula is C81H129ClN11NaO17S3. The fourth-order valence-electron chi connectivity index (χ4n) is 14.5. The molecule has 114 heavy (non-hydrogen) atoms. The Hall–Kier alpha value is -5.65. The van der Waals surface area contributed by atoms with Gasteiger partial charge in [0, 0.05) is 63.2 Å². The zero-order chi connectivity index (χ0) is 83.7. The Morgan fingerprint density at radius 2 is 0.746 bits per heavy atom. The maximum absolute atomic E-state index is 13.0. The summed E-state index contributed by atoms with van der Waals surface area (Å²) in [4.78, 5) is 85.8. The van der Waals surface area contributed by atoms with Crippen molar-refractivity contribution in [2.24, 2.45) is 20.8 Å². The average Bonchev–Trinajstić information content (AvgIpc) is 1.65. The maximum atomic E-state index is 13.0. The molecule has 0 atom stereocenters. The third-order valence-corrected chi connectivity index (χ3v) is 26.3. The number of esters is 2. The molecule has 3 aromatic carbocycles. The Labute approximate surface area is 705 Å². The van der Waals surface area contributed by atoms with Gasteiger partial charge in [-0.25, -0.2) is 48.2 Å². The second-order valence-electron chi connectivity index (χ2n) is 29.7. The number of nitrogens with zero attached hydrogens (tertiary/aromatic N) is 6. The van der Waals surface area contributed by atoms with Gasteiger partial charge in [0.15, 0.2) is 0 Å². The fourth-order valence-corrected chi connectivity index (χ4v) is 18.1. The van der Waals surface area contributed by atoms with Gasteiger partial charge >= 0.3 is 47.5 Å². The van der Waals surface area contributed by atoms with Crippen LogP contribution in [0.2, 0.25) is 0 Å². The number of piperidine rings is 3. The molecule has 9 N–H and O–H groups in total. The molecule has 28 nitrogen and oxygen atoms in total. The van der Waals surface area contributed by atoms with E-state index < -0.39 is 63.6 Å². The number of aliphatic hydroxyl groups is 1. The van der Waals surface area contributed by atoms with Crippen molar-refractivity contribution >= 4 is 92.9 Å². The Kier molecular flexibility index (Phi) is 47.7. The molecule has 6 heterocycles. The molecule has 6 aliphatic rings. The predicted molar refractivity (Wildman–Crippen MR) is 445 cm³/mol. The van der Waals surface area contributed by atoms with Gasteiger partial charge in [-0.05, 0) is 181 Å². The van der Waals surface area contributed by atoms with Gasteiger partial charge in [0.25, 0.3) is 17.7 Å². The van der Waals surface area contributed by atoms with Crippen molar-refractivity contribution in [3.05, 3.63) is 110 Å². The summed E-state index contributed by atoms with van der Waals surface area (Å²) < 4.78 is 85.9. The van der Waals surface area contributed by atoms with Crippen molar-refractivity contribution in [1.82, 2.24) is 29.9 Å². The smallest absolute Gasteiger partial charge is 0.488 e. The fraction of sp³-hybridized carbons (Fsp3) is 0.667. The predicted octanol–water partition coefficient (Wildman–Crippen LogP) is 9.13. The number of carboxylic acids is 1. The van der Waals surface area contributed by atoms with Gasteiger partial charge in [-0.1, -0.05) is 155 Å². The molecule has 0 aliphatic carbocycles. The van der Waals surface area contributed by atoms with Crippen LogP contribution in [0.25, 0.3) is 5.59 Å². The third kappa shape index (κ3) is 34.4. The monoisotopic (exact) mass is 1680 g/mol. The number of methoxy groups -OCH3 is 2. The number of unbranched alkanes of at least 4 members (excludes halogenated alkanes) is 18. The summed E-state index contributed by atoms with van der Waals surface area (Å²) in [5, 5.41) is 35.3. The van der Waals surface area contributed by atoms with Crippen LogP contribution in [0.5, 0.6) is 0 Å². The van der Waals surface area contributed by atoms with Crippen LogP contribution in [0, 0.1) is 20.8 Å². The van der Waals surface area contributed by atoms with Crippen LogP contribution < -0.4 is 56.7 Å². The second kappa shape index (κ2) is 53.0. The number of nitrogens with two attached hydrogens (primary N) is 1. The number of rotatable bonds is 38. The molecule has 0 saturated carbocycles. The molecular weight excluding hydrogens is 1550 g/mol. The first kappa shape index (κ1) is 103. The number of halogens is 1. The van der Waals surface area contributed by atoms with Crippen molar-refractivity contribution in [1.29, 1.82) is 0 Å². The van der Waals surface area contributed by atoms with Gasteiger partial charge in [0.2, 0.25) is 29.1 Å². The van der Waals surface area contributed by atoms with Gasteiger partial charge in [0.1, 0.15) is 34.1 Å². The molecule has 6 aliphatic heterocycles. The number of amidine groups is 3. The number of amides is 3. The molecule has 3 saturated heterocycles. The number of carbonyl (C=O) groups excluding carboxylic acids is 5. The van der Waals surface area contributed by atoms with E-state index in [1.165, 1.54) is 132 Å². The van der Waals surface area contributed by atoms with Gasteiger partial charge in [0.05, 0.1) is 48.2 Å². The number of sulfonamides is 2. The molecule has 9 rings (SSSR count). The SMILES string of the molecule is CCCCCCCCCC1=NC2(CCN(S(=O)(=O)CCc3ccc(C(=O)O)cc3C)CC2)C(=O)N1.CCCCCCCCCC1=NC2(CCN(S(=O)(=O)CCc3ccc(C(=O)OC)cc3C)CC2)C(=O)N1.CCCCCCCCCC1=NC2(CCNCC2)C(=O)N1.CO.COC(=O)c1ccc(CCS(=O)(=O)Cl)c(C)c1.N[N-]O.[Na+]. The Balaban J connectivity index is 0.000000401. The first-order chi connectivity index (χ1) is 53.9. The minimum absolute atomic E-state index is 0. The van der Waals surface area contributed by atoms with Crippen LogP contribution in [0.4, 0.5) is 0 Å². The molecule has 0 unspecified atom stereocenters. The van der Waals surface area contributed by atoms with Crippen molar-refractivity contribution in [2.75, 3.05) is 77.9 Å². The normalized spacial score (nSPS) is 16.7. The van der Waals surface area contributed by atoms with E-state index in [-0.39, 0.29) is 83.2 Å². The van der Waals surface area contributed by atoms with Crippen LogP contribution >= 0.6 is 10.7 Å². The summed E-state index contributed by atoms with van der Waals surface area (Å²) in [6.07, 6.45) is 32.8. The van der Waals surface area contributed by atoms with Crippen LogP contribution in [0.3, 0.4) is 0 Å². The average molecular weight is 1680 g/mol.